The van der Waals surface area contributed by atoms with Gasteiger partial charge in [0.05, 0.1) is 0 Å². The second-order valence-corrected chi connectivity index (χ2v) is 8.74. The summed E-state index contributed by atoms with van der Waals surface area (Å²) in [4.78, 5) is 5.11. The highest BCUT2D eigenvalue weighted by molar-refractivity contribution is 6.11. The molecule has 0 bridgehead atoms. The first-order chi connectivity index (χ1) is 14.9. The van der Waals surface area contributed by atoms with Crippen LogP contribution < -0.4 is 9.80 Å². The lowest BCUT2D eigenvalue weighted by Gasteiger charge is -2.23. The van der Waals surface area contributed by atoms with Gasteiger partial charge in [0.25, 0.3) is 0 Å². The number of benzene rings is 4. The van der Waals surface area contributed by atoms with E-state index in [1.165, 1.54) is 95.9 Å². The first-order valence-electron chi connectivity index (χ1n) is 11.4. The number of rotatable bonds is 3. The Balaban J connectivity index is 1.56. The quantitative estimate of drug-likeness (QED) is 0.376. The Kier molecular flexibility index (Phi) is 4.37. The van der Waals surface area contributed by atoms with Crippen molar-refractivity contribution >= 4 is 32.9 Å². The van der Waals surface area contributed by atoms with E-state index in [-0.39, 0.29) is 0 Å². The molecule has 0 atom stereocenters. The Labute approximate surface area is 178 Å². The van der Waals surface area contributed by atoms with Gasteiger partial charge in [-0.1, -0.05) is 60.7 Å². The average molecular weight is 393 g/mol. The summed E-state index contributed by atoms with van der Waals surface area (Å²) in [6.45, 7) is 4.71. The predicted molar refractivity (Wildman–Crippen MR) is 130 cm³/mol. The van der Waals surface area contributed by atoms with Gasteiger partial charge in [-0.05, 0) is 59.7 Å². The molecule has 2 saturated heterocycles. The molecule has 2 aliphatic heterocycles. The molecular formula is C28H28N2. The van der Waals surface area contributed by atoms with Crippen LogP contribution in [0, 0.1) is 0 Å². The first-order valence-corrected chi connectivity index (χ1v) is 11.4. The van der Waals surface area contributed by atoms with Crippen molar-refractivity contribution in [2.45, 2.75) is 25.7 Å². The summed E-state index contributed by atoms with van der Waals surface area (Å²) >= 11 is 0. The van der Waals surface area contributed by atoms with Crippen molar-refractivity contribution < 1.29 is 0 Å². The zero-order valence-electron chi connectivity index (χ0n) is 17.5. The lowest BCUT2D eigenvalue weighted by Crippen LogP contribution is -2.18. The SMILES string of the molecule is c1ccc2c(N3CCCC3)ccc(-c3ccc(N4CCCC4)c4ccccc34)c2c1. The van der Waals surface area contributed by atoms with E-state index in [1.54, 1.807) is 0 Å². The van der Waals surface area contributed by atoms with Crippen molar-refractivity contribution in [2.75, 3.05) is 36.0 Å². The van der Waals surface area contributed by atoms with Gasteiger partial charge in [0, 0.05) is 48.3 Å². The molecule has 30 heavy (non-hydrogen) atoms. The summed E-state index contributed by atoms with van der Waals surface area (Å²) in [6.07, 6.45) is 5.22. The maximum absolute atomic E-state index is 2.56. The van der Waals surface area contributed by atoms with Crippen LogP contribution in [-0.2, 0) is 0 Å². The van der Waals surface area contributed by atoms with Crippen LogP contribution >= 0.6 is 0 Å². The van der Waals surface area contributed by atoms with E-state index >= 15 is 0 Å². The molecule has 150 valence electrons. The van der Waals surface area contributed by atoms with E-state index in [1.807, 2.05) is 0 Å². The van der Waals surface area contributed by atoms with Gasteiger partial charge >= 0.3 is 0 Å². The minimum Gasteiger partial charge on any atom is -0.371 e. The summed E-state index contributed by atoms with van der Waals surface area (Å²) < 4.78 is 0. The van der Waals surface area contributed by atoms with Gasteiger partial charge in [0.1, 0.15) is 0 Å². The van der Waals surface area contributed by atoms with Gasteiger partial charge in [-0.3, -0.25) is 0 Å². The number of fused-ring (bicyclic) bond motifs is 2. The van der Waals surface area contributed by atoms with E-state index in [9.17, 15) is 0 Å². The van der Waals surface area contributed by atoms with Crippen molar-refractivity contribution in [3.63, 3.8) is 0 Å². The van der Waals surface area contributed by atoms with Gasteiger partial charge in [-0.25, -0.2) is 0 Å². The van der Waals surface area contributed by atoms with Crippen molar-refractivity contribution in [3.05, 3.63) is 72.8 Å². The molecule has 2 fully saturated rings. The molecule has 0 radical (unpaired) electrons. The van der Waals surface area contributed by atoms with Crippen LogP contribution in [0.5, 0.6) is 0 Å². The average Bonchev–Trinajstić information content (AvgIpc) is 3.52. The molecule has 0 aromatic heterocycles. The number of hydrogen-bond donors (Lipinski definition) is 0. The fraction of sp³-hybridized carbons (Fsp3) is 0.286. The number of hydrogen-bond acceptors (Lipinski definition) is 2. The second-order valence-electron chi connectivity index (χ2n) is 8.74. The maximum Gasteiger partial charge on any atom is 0.0446 e. The van der Waals surface area contributed by atoms with Crippen molar-refractivity contribution in [1.29, 1.82) is 0 Å². The fourth-order valence-corrected chi connectivity index (χ4v) is 5.50. The minimum absolute atomic E-state index is 1.18. The van der Waals surface area contributed by atoms with Gasteiger partial charge in [0.15, 0.2) is 0 Å². The van der Waals surface area contributed by atoms with Crippen LogP contribution in [0.25, 0.3) is 32.7 Å². The lowest BCUT2D eigenvalue weighted by molar-refractivity contribution is 0.949. The van der Waals surface area contributed by atoms with Crippen LogP contribution in [0.4, 0.5) is 11.4 Å². The van der Waals surface area contributed by atoms with E-state index in [0.29, 0.717) is 0 Å². The van der Waals surface area contributed by atoms with Crippen LogP contribution in [0.2, 0.25) is 0 Å². The Morgan fingerprint density at radius 1 is 0.400 bits per heavy atom. The molecule has 2 heterocycles. The van der Waals surface area contributed by atoms with Crippen molar-refractivity contribution in [2.24, 2.45) is 0 Å². The molecule has 6 rings (SSSR count). The van der Waals surface area contributed by atoms with Crippen LogP contribution in [-0.4, -0.2) is 26.2 Å². The third-order valence-corrected chi connectivity index (χ3v) is 6.99. The molecular weight excluding hydrogens is 364 g/mol. The zero-order chi connectivity index (χ0) is 19.9. The van der Waals surface area contributed by atoms with Gasteiger partial charge in [-0.15, -0.1) is 0 Å². The normalized spacial score (nSPS) is 16.8. The largest absolute Gasteiger partial charge is 0.371 e. The Bertz CT molecular complexity index is 1120. The fourth-order valence-electron chi connectivity index (χ4n) is 5.50. The number of nitrogens with zero attached hydrogens (tertiary/aromatic N) is 2. The first kappa shape index (κ1) is 17.8. The molecule has 4 aromatic carbocycles. The Morgan fingerprint density at radius 2 is 0.767 bits per heavy atom. The Morgan fingerprint density at radius 3 is 1.17 bits per heavy atom. The van der Waals surface area contributed by atoms with Gasteiger partial charge < -0.3 is 9.80 Å². The van der Waals surface area contributed by atoms with Crippen LogP contribution in [0.3, 0.4) is 0 Å². The summed E-state index contributed by atoms with van der Waals surface area (Å²) in [6, 6.07) is 27.3. The highest BCUT2D eigenvalue weighted by atomic mass is 15.1. The molecule has 0 unspecified atom stereocenters. The summed E-state index contributed by atoms with van der Waals surface area (Å²) in [5, 5.41) is 5.48. The third-order valence-electron chi connectivity index (χ3n) is 6.99. The van der Waals surface area contributed by atoms with E-state index in [2.05, 4.69) is 82.6 Å². The molecule has 0 aliphatic carbocycles. The minimum atomic E-state index is 1.18. The highest BCUT2D eigenvalue weighted by Crippen LogP contribution is 2.41. The van der Waals surface area contributed by atoms with Crippen molar-refractivity contribution in [3.8, 4) is 11.1 Å². The van der Waals surface area contributed by atoms with Crippen LogP contribution in [0.1, 0.15) is 25.7 Å². The van der Waals surface area contributed by atoms with E-state index < -0.39 is 0 Å². The summed E-state index contributed by atoms with van der Waals surface area (Å²) in [7, 11) is 0. The molecule has 0 spiro atoms. The predicted octanol–water partition coefficient (Wildman–Crippen LogP) is 6.86. The Hall–Kier alpha value is -3.00. The van der Waals surface area contributed by atoms with Gasteiger partial charge in [-0.2, -0.15) is 0 Å². The zero-order valence-corrected chi connectivity index (χ0v) is 17.5. The van der Waals surface area contributed by atoms with Crippen LogP contribution in [0.15, 0.2) is 72.8 Å². The van der Waals surface area contributed by atoms with E-state index in [0.717, 1.165) is 0 Å². The van der Waals surface area contributed by atoms with E-state index in [4.69, 9.17) is 0 Å². The lowest BCUT2D eigenvalue weighted by atomic mass is 9.92. The number of anilines is 2. The smallest absolute Gasteiger partial charge is 0.0446 e. The molecule has 0 saturated carbocycles. The monoisotopic (exact) mass is 392 g/mol. The molecule has 2 nitrogen and oxygen atoms in total. The summed E-state index contributed by atoms with van der Waals surface area (Å²) in [5.41, 5.74) is 5.48. The van der Waals surface area contributed by atoms with Gasteiger partial charge in [0.2, 0.25) is 0 Å². The summed E-state index contributed by atoms with van der Waals surface area (Å²) in [5.74, 6) is 0. The third kappa shape index (κ3) is 2.86. The standard InChI is InChI=1S/C28H28N2/c1-3-11-25-21(9-1)23(13-15-27(25)29-17-5-6-18-29)24-14-16-28(30-19-7-8-20-30)26-12-4-2-10-22(24)26/h1-4,9-16H,5-8,17-20H2. The molecule has 0 amide bonds. The maximum atomic E-state index is 2.56. The molecule has 0 N–H and O–H groups in total. The molecule has 2 heteroatoms. The topological polar surface area (TPSA) is 6.48 Å². The second kappa shape index (κ2) is 7.36. The van der Waals surface area contributed by atoms with Crippen molar-refractivity contribution in [1.82, 2.24) is 0 Å². The molecule has 4 aromatic rings. The molecule has 2 aliphatic rings. The highest BCUT2D eigenvalue weighted by Gasteiger charge is 2.19.